The van der Waals surface area contributed by atoms with Crippen LogP contribution >= 0.6 is 15.9 Å². The number of aromatic nitrogens is 3. The highest BCUT2D eigenvalue weighted by atomic mass is 79.9. The molecule has 0 bridgehead atoms. The van der Waals surface area contributed by atoms with Crippen LogP contribution in [0.1, 0.15) is 58.2 Å². The highest BCUT2D eigenvalue weighted by Gasteiger charge is 2.30. The van der Waals surface area contributed by atoms with Gasteiger partial charge in [-0.15, -0.1) is 0 Å². The number of nitrogens with zero attached hydrogens (tertiary/aromatic N) is 3. The fourth-order valence-corrected chi connectivity index (χ4v) is 8.04. The highest BCUT2D eigenvalue weighted by molar-refractivity contribution is 9.10. The minimum Gasteiger partial charge on any atom is -0.444 e. The number of hydrogen-bond acceptors (Lipinski definition) is 5. The molecule has 0 unspecified atom stereocenters. The first-order valence-corrected chi connectivity index (χ1v) is 14.1. The zero-order valence-electron chi connectivity index (χ0n) is 18.4. The van der Waals surface area contributed by atoms with Gasteiger partial charge in [-0.05, 0) is 56.0 Å². The Balaban J connectivity index is 1.66. The lowest BCUT2D eigenvalue weighted by Gasteiger charge is -2.28. The third-order valence-electron chi connectivity index (χ3n) is 5.99. The first-order valence-electron chi connectivity index (χ1n) is 11.1. The van der Waals surface area contributed by atoms with Crippen molar-refractivity contribution in [2.24, 2.45) is 0 Å². The van der Waals surface area contributed by atoms with Crippen LogP contribution in [0, 0.1) is 0 Å². The van der Waals surface area contributed by atoms with E-state index >= 15 is 0 Å². The molecular formula is C21H31BrN4O4Si. The molecule has 1 atom stereocenters. The zero-order chi connectivity index (χ0) is 22.2. The molecule has 4 rings (SSSR count). The molecule has 2 aromatic heterocycles. The van der Waals surface area contributed by atoms with E-state index in [0.29, 0.717) is 22.8 Å². The van der Waals surface area contributed by atoms with Crippen LogP contribution in [0.25, 0.3) is 5.52 Å². The van der Waals surface area contributed by atoms with Gasteiger partial charge in [0, 0.05) is 43.4 Å². The number of amides is 1. The van der Waals surface area contributed by atoms with Gasteiger partial charge in [0.15, 0.2) is 0 Å². The lowest BCUT2D eigenvalue weighted by molar-refractivity contribution is 0.0283. The van der Waals surface area contributed by atoms with Crippen LogP contribution in [0.15, 0.2) is 15.6 Å². The Hall–Kier alpha value is -1.65. The number of imidazole rings is 1. The number of H-pyrrole nitrogens is 1. The second-order valence-electron chi connectivity index (χ2n) is 9.52. The molecule has 2 saturated heterocycles. The van der Waals surface area contributed by atoms with E-state index in [4.69, 9.17) is 14.5 Å². The van der Waals surface area contributed by atoms with Crippen LogP contribution in [0.5, 0.6) is 0 Å². The maximum atomic E-state index is 13.0. The van der Waals surface area contributed by atoms with E-state index in [2.05, 4.69) is 27.1 Å². The number of rotatable bonds is 2. The monoisotopic (exact) mass is 510 g/mol. The van der Waals surface area contributed by atoms with Gasteiger partial charge in [-0.2, -0.15) is 0 Å². The molecule has 0 aliphatic carbocycles. The van der Waals surface area contributed by atoms with E-state index in [1.165, 1.54) is 0 Å². The van der Waals surface area contributed by atoms with Gasteiger partial charge in [0.1, 0.15) is 30.3 Å². The van der Waals surface area contributed by atoms with E-state index in [-0.39, 0.29) is 17.6 Å². The maximum absolute atomic E-state index is 13.0. The molecule has 170 valence electrons. The second kappa shape index (κ2) is 9.07. The molecule has 10 heteroatoms. The van der Waals surface area contributed by atoms with Crippen molar-refractivity contribution in [1.82, 2.24) is 19.3 Å². The number of hydrogen-bond donors (Lipinski definition) is 1. The van der Waals surface area contributed by atoms with Gasteiger partial charge in [0.05, 0.1) is 0 Å². The molecule has 0 saturated carbocycles. The molecule has 0 radical (unpaired) electrons. The number of fused-ring (bicyclic) bond motifs is 1. The predicted molar refractivity (Wildman–Crippen MR) is 125 cm³/mol. The molecule has 0 spiro atoms. The van der Waals surface area contributed by atoms with Gasteiger partial charge in [-0.25, -0.2) is 9.78 Å². The molecule has 31 heavy (non-hydrogen) atoms. The van der Waals surface area contributed by atoms with Crippen molar-refractivity contribution in [3.05, 3.63) is 27.0 Å². The van der Waals surface area contributed by atoms with Crippen LogP contribution in [0.3, 0.4) is 0 Å². The first-order chi connectivity index (χ1) is 14.7. The molecule has 2 aliphatic heterocycles. The molecule has 2 aliphatic rings. The third-order valence-corrected chi connectivity index (χ3v) is 9.70. The molecule has 4 heterocycles. The number of aromatic amines is 1. The van der Waals surface area contributed by atoms with E-state index < -0.39 is 14.4 Å². The topological polar surface area (TPSA) is 88.9 Å². The van der Waals surface area contributed by atoms with Gasteiger partial charge in [0.2, 0.25) is 0 Å². The lowest BCUT2D eigenvalue weighted by atomic mass is 10.00. The van der Waals surface area contributed by atoms with Crippen molar-refractivity contribution in [1.29, 1.82) is 0 Å². The van der Waals surface area contributed by atoms with Crippen molar-refractivity contribution < 1.29 is 14.3 Å². The lowest BCUT2D eigenvalue weighted by Crippen LogP contribution is -2.48. The van der Waals surface area contributed by atoms with Crippen LogP contribution in [-0.2, 0) is 9.47 Å². The predicted octanol–water partition coefficient (Wildman–Crippen LogP) is 2.68. The molecule has 2 fully saturated rings. The summed E-state index contributed by atoms with van der Waals surface area (Å²) >= 11 is 3.48. The molecule has 1 N–H and O–H groups in total. The van der Waals surface area contributed by atoms with Crippen molar-refractivity contribution in [2.45, 2.75) is 64.0 Å². The smallest absolute Gasteiger partial charge is 0.409 e. The van der Waals surface area contributed by atoms with Crippen LogP contribution in [-0.4, -0.2) is 65.7 Å². The summed E-state index contributed by atoms with van der Waals surface area (Å²) in [6, 6.07) is 1.04. The van der Waals surface area contributed by atoms with Crippen molar-refractivity contribution in [3.63, 3.8) is 0 Å². The van der Waals surface area contributed by atoms with Crippen LogP contribution < -0.4 is 10.9 Å². The SMILES string of the molecule is CC(C)(C)OC(=O)N1CCCC[Si@H](c2cn3c(C4CCOCC4)nc(Br)c3c(=O)[nH]2)C1. The zero-order valence-corrected chi connectivity index (χ0v) is 21.2. The third kappa shape index (κ3) is 5.06. The number of carbonyl (C=O) groups is 1. The number of ether oxygens (including phenoxy) is 2. The number of nitrogens with one attached hydrogen (secondary N) is 1. The average molecular weight is 511 g/mol. The summed E-state index contributed by atoms with van der Waals surface area (Å²) in [4.78, 5) is 35.4. The minimum atomic E-state index is -1.62. The molecule has 1 amide bonds. The van der Waals surface area contributed by atoms with Crippen LogP contribution in [0.2, 0.25) is 6.04 Å². The quantitative estimate of drug-likeness (QED) is 0.627. The summed E-state index contributed by atoms with van der Waals surface area (Å²) < 4.78 is 13.7. The Morgan fingerprint density at radius 1 is 1.32 bits per heavy atom. The van der Waals surface area contributed by atoms with E-state index in [9.17, 15) is 9.59 Å². The Morgan fingerprint density at radius 3 is 2.77 bits per heavy atom. The van der Waals surface area contributed by atoms with Gasteiger partial charge in [-0.3, -0.25) is 9.20 Å². The largest absolute Gasteiger partial charge is 0.444 e. The van der Waals surface area contributed by atoms with E-state index in [1.807, 2.05) is 30.1 Å². The maximum Gasteiger partial charge on any atom is 0.409 e. The Bertz CT molecular complexity index is 1010. The Morgan fingerprint density at radius 2 is 2.06 bits per heavy atom. The van der Waals surface area contributed by atoms with Crippen LogP contribution in [0.4, 0.5) is 4.79 Å². The molecule has 8 nitrogen and oxygen atoms in total. The molecular weight excluding hydrogens is 480 g/mol. The van der Waals surface area contributed by atoms with Crippen molar-refractivity contribution in [2.75, 3.05) is 25.9 Å². The van der Waals surface area contributed by atoms with E-state index in [1.54, 1.807) is 0 Å². The first kappa shape index (κ1) is 22.5. The van der Waals surface area contributed by atoms with Gasteiger partial charge in [-0.1, -0.05) is 12.5 Å². The summed E-state index contributed by atoms with van der Waals surface area (Å²) in [5, 5.41) is 0.978. The highest BCUT2D eigenvalue weighted by Crippen LogP contribution is 2.28. The minimum absolute atomic E-state index is 0.129. The van der Waals surface area contributed by atoms with Crippen molar-refractivity contribution >= 4 is 41.7 Å². The summed E-state index contributed by atoms with van der Waals surface area (Å²) in [5.41, 5.74) is -0.0948. The average Bonchev–Trinajstić information content (AvgIpc) is 2.89. The van der Waals surface area contributed by atoms with E-state index in [0.717, 1.165) is 56.1 Å². The number of halogens is 1. The summed E-state index contributed by atoms with van der Waals surface area (Å²) in [6.07, 6.45) is 6.29. The Kier molecular flexibility index (Phi) is 6.59. The van der Waals surface area contributed by atoms with Crippen molar-refractivity contribution in [3.8, 4) is 0 Å². The summed E-state index contributed by atoms with van der Waals surface area (Å²) in [5.74, 6) is 1.19. The fraction of sp³-hybridized carbons (Fsp3) is 0.667. The van der Waals surface area contributed by atoms with Gasteiger partial charge in [0.25, 0.3) is 5.56 Å². The Labute approximate surface area is 192 Å². The molecule has 0 aromatic carbocycles. The number of carbonyl (C=O) groups excluding carboxylic acids is 1. The van der Waals surface area contributed by atoms with Gasteiger partial charge < -0.3 is 19.4 Å². The fourth-order valence-electron chi connectivity index (χ4n) is 4.46. The second-order valence-corrected chi connectivity index (χ2v) is 13.2. The van der Waals surface area contributed by atoms with Gasteiger partial charge >= 0.3 is 6.09 Å². The molecule has 2 aromatic rings. The standard InChI is InChI=1S/C21H31BrN4O4Si/c1-21(2,3)30-20(28)25-8-4-5-11-31(13-25)15-12-26-16(19(27)23-15)17(22)24-18(26)14-6-9-29-10-7-14/h12,14,31H,4-11,13H2,1-3H3,(H,23,27)/t31-/m0/s1. The summed E-state index contributed by atoms with van der Waals surface area (Å²) in [7, 11) is -1.62. The normalized spacial score (nSPS) is 21.3. The summed E-state index contributed by atoms with van der Waals surface area (Å²) in [6.45, 7) is 7.80.